The molecule has 2 heterocycles. The molecule has 1 saturated heterocycles. The van der Waals surface area contributed by atoms with Crippen molar-refractivity contribution in [3.8, 4) is 0 Å². The molecule has 1 aliphatic rings. The molecular formula is C17H18Br4N4O4. The summed E-state index contributed by atoms with van der Waals surface area (Å²) in [6.45, 7) is 6.09. The fraction of sp³-hybridized carbons (Fsp3) is 0.471. The van der Waals surface area contributed by atoms with Gasteiger partial charge in [-0.2, -0.15) is 0 Å². The standard InChI is InChI=1S/C17H18Br4N4O4/c1-3-28-16(26)24-7-5-23(6-8-24)15-22-13-11(20)9(18)10(19)12(21)14(13)25(15)17(27)29-4-2/h3-8H2,1-2H3. The van der Waals surface area contributed by atoms with E-state index < -0.39 is 6.09 Å². The van der Waals surface area contributed by atoms with Crippen LogP contribution in [0.3, 0.4) is 0 Å². The lowest BCUT2D eigenvalue weighted by molar-refractivity contribution is 0.105. The van der Waals surface area contributed by atoms with Crippen LogP contribution in [0.15, 0.2) is 17.9 Å². The van der Waals surface area contributed by atoms with Crippen LogP contribution in [0.4, 0.5) is 15.5 Å². The zero-order chi connectivity index (χ0) is 21.3. The molecule has 0 N–H and O–H groups in total. The van der Waals surface area contributed by atoms with E-state index in [-0.39, 0.29) is 12.7 Å². The molecule has 1 amide bonds. The summed E-state index contributed by atoms with van der Waals surface area (Å²) < 4.78 is 14.8. The fourth-order valence-electron chi connectivity index (χ4n) is 3.04. The van der Waals surface area contributed by atoms with E-state index >= 15 is 0 Å². The van der Waals surface area contributed by atoms with Crippen molar-refractivity contribution in [3.63, 3.8) is 0 Å². The van der Waals surface area contributed by atoms with Crippen molar-refractivity contribution in [2.24, 2.45) is 0 Å². The van der Waals surface area contributed by atoms with Gasteiger partial charge in [0.15, 0.2) is 0 Å². The highest BCUT2D eigenvalue weighted by molar-refractivity contribution is 9.15. The second-order valence-corrected chi connectivity index (χ2v) is 9.24. The first-order valence-electron chi connectivity index (χ1n) is 8.89. The molecule has 0 atom stereocenters. The Morgan fingerprint density at radius 2 is 1.41 bits per heavy atom. The van der Waals surface area contributed by atoms with E-state index in [1.165, 1.54) is 4.57 Å². The van der Waals surface area contributed by atoms with Gasteiger partial charge in [0.05, 0.1) is 27.7 Å². The number of halogens is 4. The first kappa shape index (κ1) is 22.8. The number of piperazine rings is 1. The van der Waals surface area contributed by atoms with E-state index in [1.807, 2.05) is 4.90 Å². The number of hydrogen-bond acceptors (Lipinski definition) is 6. The molecule has 1 fully saturated rings. The number of carbonyl (C=O) groups excluding carboxylic acids is 2. The molecule has 29 heavy (non-hydrogen) atoms. The van der Waals surface area contributed by atoms with Crippen LogP contribution in [-0.4, -0.2) is 66.0 Å². The number of ether oxygens (including phenoxy) is 2. The van der Waals surface area contributed by atoms with Crippen LogP contribution in [0.5, 0.6) is 0 Å². The third-order valence-corrected chi connectivity index (χ3v) is 9.12. The summed E-state index contributed by atoms with van der Waals surface area (Å²) in [4.78, 5) is 33.1. The predicted molar refractivity (Wildman–Crippen MR) is 124 cm³/mol. The molecule has 1 aromatic carbocycles. The lowest BCUT2D eigenvalue weighted by atomic mass is 10.3. The number of fused-ring (bicyclic) bond motifs is 1. The van der Waals surface area contributed by atoms with Crippen LogP contribution in [0, 0.1) is 0 Å². The van der Waals surface area contributed by atoms with Crippen LogP contribution in [0.1, 0.15) is 13.8 Å². The molecular weight excluding hydrogens is 644 g/mol. The van der Waals surface area contributed by atoms with Gasteiger partial charge in [0, 0.05) is 35.1 Å². The average Bonchev–Trinajstić information content (AvgIpc) is 3.12. The number of amides is 1. The van der Waals surface area contributed by atoms with Crippen molar-refractivity contribution in [3.05, 3.63) is 17.9 Å². The van der Waals surface area contributed by atoms with Crippen molar-refractivity contribution < 1.29 is 19.1 Å². The van der Waals surface area contributed by atoms with Crippen LogP contribution >= 0.6 is 63.7 Å². The molecule has 0 radical (unpaired) electrons. The van der Waals surface area contributed by atoms with Crippen LogP contribution in [0.25, 0.3) is 11.0 Å². The smallest absolute Gasteiger partial charge is 0.421 e. The summed E-state index contributed by atoms with van der Waals surface area (Å²) in [5.74, 6) is 0.466. The van der Waals surface area contributed by atoms with E-state index in [1.54, 1.807) is 18.7 Å². The molecule has 8 nitrogen and oxygen atoms in total. The maximum atomic E-state index is 12.8. The third kappa shape index (κ3) is 4.31. The summed E-state index contributed by atoms with van der Waals surface area (Å²) in [7, 11) is 0. The van der Waals surface area contributed by atoms with E-state index in [0.29, 0.717) is 54.2 Å². The molecule has 158 valence electrons. The van der Waals surface area contributed by atoms with Crippen molar-refractivity contribution in [1.82, 2.24) is 14.5 Å². The minimum Gasteiger partial charge on any atom is -0.450 e. The molecule has 12 heteroatoms. The first-order valence-corrected chi connectivity index (χ1v) is 12.1. The Morgan fingerprint density at radius 1 is 0.862 bits per heavy atom. The van der Waals surface area contributed by atoms with Gasteiger partial charge in [-0.25, -0.2) is 19.1 Å². The normalized spacial score (nSPS) is 14.4. The number of rotatable bonds is 3. The van der Waals surface area contributed by atoms with Crippen LogP contribution in [0.2, 0.25) is 0 Å². The van der Waals surface area contributed by atoms with Crippen LogP contribution in [-0.2, 0) is 9.47 Å². The van der Waals surface area contributed by atoms with Crippen molar-refractivity contribution >= 4 is 92.9 Å². The molecule has 0 spiro atoms. The summed E-state index contributed by atoms with van der Waals surface area (Å²) >= 11 is 14.2. The molecule has 0 bridgehead atoms. The lowest BCUT2D eigenvalue weighted by Crippen LogP contribution is -2.49. The highest BCUT2D eigenvalue weighted by atomic mass is 79.9. The largest absolute Gasteiger partial charge is 0.450 e. The highest BCUT2D eigenvalue weighted by Gasteiger charge is 2.30. The molecule has 3 rings (SSSR count). The van der Waals surface area contributed by atoms with E-state index in [2.05, 4.69) is 63.7 Å². The second kappa shape index (κ2) is 9.52. The monoisotopic (exact) mass is 658 g/mol. The molecule has 1 aliphatic heterocycles. The zero-order valence-corrected chi connectivity index (χ0v) is 22.0. The van der Waals surface area contributed by atoms with Gasteiger partial charge in [0.2, 0.25) is 5.95 Å². The second-order valence-electron chi connectivity index (χ2n) is 6.07. The maximum absolute atomic E-state index is 12.8. The minimum atomic E-state index is -0.514. The SMILES string of the molecule is CCOC(=O)N1CCN(c2nc3c(Br)c(Br)c(Br)c(Br)c3n2C(=O)OCC)CC1. The Hall–Kier alpha value is -0.850. The average molecular weight is 662 g/mol. The molecule has 0 aliphatic carbocycles. The third-order valence-electron chi connectivity index (χ3n) is 4.39. The van der Waals surface area contributed by atoms with E-state index in [9.17, 15) is 9.59 Å². The molecule has 0 saturated carbocycles. The van der Waals surface area contributed by atoms with Crippen molar-refractivity contribution in [2.75, 3.05) is 44.3 Å². The Morgan fingerprint density at radius 3 is 2.00 bits per heavy atom. The van der Waals surface area contributed by atoms with Crippen molar-refractivity contribution in [2.45, 2.75) is 13.8 Å². The predicted octanol–water partition coefficient (Wildman–Crippen LogP) is 5.37. The van der Waals surface area contributed by atoms with Gasteiger partial charge >= 0.3 is 12.2 Å². The van der Waals surface area contributed by atoms with Gasteiger partial charge < -0.3 is 19.3 Å². The fourth-order valence-corrected chi connectivity index (χ4v) is 5.38. The lowest BCUT2D eigenvalue weighted by Gasteiger charge is -2.34. The van der Waals surface area contributed by atoms with Gasteiger partial charge in [-0.05, 0) is 77.6 Å². The summed E-state index contributed by atoms with van der Waals surface area (Å²) in [6.07, 6.45) is -0.843. The summed E-state index contributed by atoms with van der Waals surface area (Å²) in [6, 6.07) is 0. The number of hydrogen-bond donors (Lipinski definition) is 0. The number of anilines is 1. The number of nitrogens with zero attached hydrogens (tertiary/aromatic N) is 4. The number of benzene rings is 1. The number of imidazole rings is 1. The minimum absolute atomic E-state index is 0.241. The number of carbonyl (C=O) groups is 2. The van der Waals surface area contributed by atoms with Gasteiger partial charge in [0.25, 0.3) is 0 Å². The maximum Gasteiger partial charge on any atom is 0.421 e. The van der Waals surface area contributed by atoms with Gasteiger partial charge in [-0.15, -0.1) is 0 Å². The van der Waals surface area contributed by atoms with Crippen molar-refractivity contribution in [1.29, 1.82) is 0 Å². The van der Waals surface area contributed by atoms with E-state index in [4.69, 9.17) is 14.5 Å². The van der Waals surface area contributed by atoms with Gasteiger partial charge in [0.1, 0.15) is 5.52 Å². The van der Waals surface area contributed by atoms with Crippen LogP contribution < -0.4 is 4.90 Å². The topological polar surface area (TPSA) is 76.9 Å². The summed E-state index contributed by atoms with van der Waals surface area (Å²) in [5.41, 5.74) is 1.20. The highest BCUT2D eigenvalue weighted by Crippen LogP contribution is 2.44. The number of aromatic nitrogens is 2. The zero-order valence-electron chi connectivity index (χ0n) is 15.7. The molecule has 2 aromatic rings. The van der Waals surface area contributed by atoms with Gasteiger partial charge in [-0.1, -0.05) is 0 Å². The van der Waals surface area contributed by atoms with E-state index in [0.717, 1.165) is 13.4 Å². The quantitative estimate of drug-likeness (QED) is 0.326. The summed E-state index contributed by atoms with van der Waals surface area (Å²) in [5, 5.41) is 0. The molecule has 0 unspecified atom stereocenters. The Kier molecular flexibility index (Phi) is 7.50. The molecule has 1 aromatic heterocycles. The Labute approximate surface area is 201 Å². The van der Waals surface area contributed by atoms with Gasteiger partial charge in [-0.3, -0.25) is 0 Å². The Bertz CT molecular complexity index is 957. The Balaban J connectivity index is 2.05. The first-order chi connectivity index (χ1) is 13.8.